The molecule has 0 spiro atoms. The molecule has 1 fully saturated rings. The molecule has 0 bridgehead atoms. The van der Waals surface area contributed by atoms with Gasteiger partial charge in [-0.05, 0) is 26.3 Å². The smallest absolute Gasteiger partial charge is 0.254 e. The number of carbonyl (C=O) groups is 1. The van der Waals surface area contributed by atoms with Crippen molar-refractivity contribution < 1.29 is 13.2 Å². The molecule has 0 radical (unpaired) electrons. The van der Waals surface area contributed by atoms with Crippen LogP contribution in [0.3, 0.4) is 0 Å². The summed E-state index contributed by atoms with van der Waals surface area (Å²) in [5.74, 6) is -0.00745. The third-order valence-electron chi connectivity index (χ3n) is 4.69. The largest absolute Gasteiger partial charge is 0.336 e. The first-order valence-electron chi connectivity index (χ1n) is 8.97. The van der Waals surface area contributed by atoms with E-state index in [0.717, 1.165) is 29.7 Å². The number of rotatable bonds is 5. The molecule has 0 aromatic carbocycles. The number of nitrogens with zero attached hydrogens (tertiary/aromatic N) is 5. The second-order valence-corrected chi connectivity index (χ2v) is 8.77. The van der Waals surface area contributed by atoms with Crippen molar-refractivity contribution in [3.63, 3.8) is 0 Å². The molecule has 1 amide bonds. The van der Waals surface area contributed by atoms with Gasteiger partial charge in [0.15, 0.2) is 5.65 Å². The SMILES string of the molecule is CCCn1ncc2c(C(=O)N3CCN(S(=O)(=O)CC)CC3)cc(C)nc21. The van der Waals surface area contributed by atoms with Crippen LogP contribution in [-0.4, -0.2) is 70.2 Å². The van der Waals surface area contributed by atoms with Gasteiger partial charge in [0.05, 0.1) is 22.9 Å². The summed E-state index contributed by atoms with van der Waals surface area (Å²) in [5.41, 5.74) is 2.08. The van der Waals surface area contributed by atoms with Crippen molar-refractivity contribution in [1.82, 2.24) is 24.0 Å². The zero-order chi connectivity index (χ0) is 18.9. The fraction of sp³-hybridized carbons (Fsp3) is 0.588. The number of pyridine rings is 1. The molecular formula is C17H25N5O3S. The molecule has 0 unspecified atom stereocenters. The van der Waals surface area contributed by atoms with Gasteiger partial charge in [-0.2, -0.15) is 9.40 Å². The van der Waals surface area contributed by atoms with Crippen LogP contribution in [0.1, 0.15) is 36.3 Å². The number of hydrogen-bond acceptors (Lipinski definition) is 5. The summed E-state index contributed by atoms with van der Waals surface area (Å²) in [5, 5.41) is 5.11. The molecule has 142 valence electrons. The number of piperazine rings is 1. The Kier molecular flexibility index (Phi) is 5.29. The molecule has 9 heteroatoms. The standard InChI is InChI=1S/C17H25N5O3S/c1-4-6-22-16-15(12-18-22)14(11-13(3)19-16)17(23)20-7-9-21(10-8-20)26(24,25)5-2/h11-12H,4-10H2,1-3H3. The van der Waals surface area contributed by atoms with Crippen molar-refractivity contribution in [2.24, 2.45) is 0 Å². The number of amides is 1. The summed E-state index contributed by atoms with van der Waals surface area (Å²) in [4.78, 5) is 19.3. The molecule has 0 aliphatic carbocycles. The molecule has 0 atom stereocenters. The lowest BCUT2D eigenvalue weighted by molar-refractivity contribution is 0.0700. The quantitative estimate of drug-likeness (QED) is 0.780. The average Bonchev–Trinajstić information content (AvgIpc) is 3.03. The Bertz CT molecular complexity index is 914. The fourth-order valence-corrected chi connectivity index (χ4v) is 4.33. The van der Waals surface area contributed by atoms with Gasteiger partial charge in [0.1, 0.15) is 0 Å². The van der Waals surface area contributed by atoms with Crippen molar-refractivity contribution in [3.05, 3.63) is 23.5 Å². The maximum Gasteiger partial charge on any atom is 0.254 e. The minimum atomic E-state index is -3.21. The highest BCUT2D eigenvalue weighted by molar-refractivity contribution is 7.89. The number of carbonyl (C=O) groups excluding carboxylic acids is 1. The average molecular weight is 379 g/mol. The van der Waals surface area contributed by atoms with Gasteiger partial charge in [-0.15, -0.1) is 0 Å². The summed E-state index contributed by atoms with van der Waals surface area (Å²) in [7, 11) is -3.21. The van der Waals surface area contributed by atoms with E-state index in [0.29, 0.717) is 31.7 Å². The van der Waals surface area contributed by atoms with E-state index in [2.05, 4.69) is 17.0 Å². The van der Waals surface area contributed by atoms with Gasteiger partial charge in [0, 0.05) is 38.4 Å². The molecule has 0 saturated carbocycles. The first-order chi connectivity index (χ1) is 12.4. The van der Waals surface area contributed by atoms with E-state index >= 15 is 0 Å². The van der Waals surface area contributed by atoms with Gasteiger partial charge < -0.3 is 4.90 Å². The fourth-order valence-electron chi connectivity index (χ4n) is 3.25. The highest BCUT2D eigenvalue weighted by atomic mass is 32.2. The second kappa shape index (κ2) is 7.32. The molecule has 0 N–H and O–H groups in total. The minimum Gasteiger partial charge on any atom is -0.336 e. The molecule has 2 aromatic rings. The summed E-state index contributed by atoms with van der Waals surface area (Å²) >= 11 is 0. The van der Waals surface area contributed by atoms with Crippen LogP contribution < -0.4 is 0 Å². The Hall–Kier alpha value is -2.00. The number of aryl methyl sites for hydroxylation is 2. The molecule has 2 aromatic heterocycles. The van der Waals surface area contributed by atoms with Crippen LogP contribution in [0.5, 0.6) is 0 Å². The van der Waals surface area contributed by atoms with Gasteiger partial charge in [-0.25, -0.2) is 18.1 Å². The molecule has 3 rings (SSSR count). The lowest BCUT2D eigenvalue weighted by atomic mass is 10.1. The predicted molar refractivity (Wildman–Crippen MR) is 99.5 cm³/mol. The van der Waals surface area contributed by atoms with Crippen LogP contribution in [0.4, 0.5) is 0 Å². The summed E-state index contributed by atoms with van der Waals surface area (Å²) in [6, 6.07) is 1.79. The van der Waals surface area contributed by atoms with Crippen LogP contribution in [0.15, 0.2) is 12.3 Å². The number of fused-ring (bicyclic) bond motifs is 1. The minimum absolute atomic E-state index is 0.0851. The van der Waals surface area contributed by atoms with Crippen LogP contribution >= 0.6 is 0 Å². The van der Waals surface area contributed by atoms with E-state index in [1.54, 1.807) is 24.1 Å². The lowest BCUT2D eigenvalue weighted by Crippen LogP contribution is -2.50. The number of hydrogen-bond donors (Lipinski definition) is 0. The van der Waals surface area contributed by atoms with Gasteiger partial charge >= 0.3 is 0 Å². The Morgan fingerprint density at radius 3 is 2.50 bits per heavy atom. The monoisotopic (exact) mass is 379 g/mol. The molecule has 1 aliphatic heterocycles. The summed E-state index contributed by atoms with van der Waals surface area (Å²) in [6.45, 7) is 7.78. The maximum absolute atomic E-state index is 13.1. The van der Waals surface area contributed by atoms with Crippen LogP contribution in [0.25, 0.3) is 11.0 Å². The van der Waals surface area contributed by atoms with E-state index in [9.17, 15) is 13.2 Å². The summed E-state index contributed by atoms with van der Waals surface area (Å²) in [6.07, 6.45) is 2.63. The summed E-state index contributed by atoms with van der Waals surface area (Å²) < 4.78 is 27.3. The van der Waals surface area contributed by atoms with Crippen LogP contribution in [-0.2, 0) is 16.6 Å². The first kappa shape index (κ1) is 18.8. The molecule has 1 saturated heterocycles. The molecule has 26 heavy (non-hydrogen) atoms. The third kappa shape index (κ3) is 3.45. The maximum atomic E-state index is 13.1. The zero-order valence-corrected chi connectivity index (χ0v) is 16.3. The third-order valence-corrected chi connectivity index (χ3v) is 6.57. The first-order valence-corrected chi connectivity index (χ1v) is 10.6. The Balaban J connectivity index is 1.85. The van der Waals surface area contributed by atoms with E-state index < -0.39 is 10.0 Å². The second-order valence-electron chi connectivity index (χ2n) is 6.51. The molecular weight excluding hydrogens is 354 g/mol. The zero-order valence-electron chi connectivity index (χ0n) is 15.5. The lowest BCUT2D eigenvalue weighted by Gasteiger charge is -2.34. The van der Waals surface area contributed by atoms with Gasteiger partial charge in [0.25, 0.3) is 5.91 Å². The van der Waals surface area contributed by atoms with E-state index in [4.69, 9.17) is 0 Å². The van der Waals surface area contributed by atoms with Crippen molar-refractivity contribution in [1.29, 1.82) is 0 Å². The molecule has 8 nitrogen and oxygen atoms in total. The Morgan fingerprint density at radius 1 is 1.19 bits per heavy atom. The highest BCUT2D eigenvalue weighted by Crippen LogP contribution is 2.21. The van der Waals surface area contributed by atoms with Crippen molar-refractivity contribution in [2.75, 3.05) is 31.9 Å². The molecule has 1 aliphatic rings. The van der Waals surface area contributed by atoms with Crippen LogP contribution in [0.2, 0.25) is 0 Å². The van der Waals surface area contributed by atoms with Crippen molar-refractivity contribution in [2.45, 2.75) is 33.7 Å². The van der Waals surface area contributed by atoms with Gasteiger partial charge in [-0.3, -0.25) is 4.79 Å². The van der Waals surface area contributed by atoms with E-state index in [-0.39, 0.29) is 11.7 Å². The predicted octanol–water partition coefficient (Wildman–Crippen LogP) is 1.26. The Labute approximate surface area is 153 Å². The molecule has 3 heterocycles. The normalized spacial score (nSPS) is 16.3. The number of aromatic nitrogens is 3. The van der Waals surface area contributed by atoms with Gasteiger partial charge in [0.2, 0.25) is 10.0 Å². The number of sulfonamides is 1. The van der Waals surface area contributed by atoms with Crippen molar-refractivity contribution >= 4 is 27.0 Å². The topological polar surface area (TPSA) is 88.4 Å². The van der Waals surface area contributed by atoms with Crippen molar-refractivity contribution in [3.8, 4) is 0 Å². The highest BCUT2D eigenvalue weighted by Gasteiger charge is 2.29. The van der Waals surface area contributed by atoms with Crippen LogP contribution in [0, 0.1) is 6.92 Å². The Morgan fingerprint density at radius 2 is 1.88 bits per heavy atom. The van der Waals surface area contributed by atoms with E-state index in [1.165, 1.54) is 4.31 Å². The van der Waals surface area contributed by atoms with Gasteiger partial charge in [-0.1, -0.05) is 6.92 Å². The van der Waals surface area contributed by atoms with E-state index in [1.807, 2.05) is 11.6 Å².